The van der Waals surface area contributed by atoms with Crippen LogP contribution in [0.2, 0.25) is 0 Å². The smallest absolute Gasteiger partial charge is 0.198 e. The molecule has 0 atom stereocenters. The van der Waals surface area contributed by atoms with E-state index in [2.05, 4.69) is 0 Å². The van der Waals surface area contributed by atoms with E-state index in [1.807, 2.05) is 12.1 Å². The van der Waals surface area contributed by atoms with Crippen molar-refractivity contribution in [2.24, 2.45) is 0 Å². The summed E-state index contributed by atoms with van der Waals surface area (Å²) in [6, 6.07) is 4.03. The predicted octanol–water partition coefficient (Wildman–Crippen LogP) is 4.64. The minimum Gasteiger partial charge on any atom is -0.198 e. The van der Waals surface area contributed by atoms with Crippen molar-refractivity contribution in [2.45, 2.75) is 33.5 Å². The Bertz CT molecular complexity index is 231. The largest absolute Gasteiger partial charge is 0.367 e. The maximum atomic E-state index is 11.5. The van der Waals surface area contributed by atoms with Crippen molar-refractivity contribution < 1.29 is 17.6 Å². The second-order valence-corrected chi connectivity index (χ2v) is 5.23. The third kappa shape index (κ3) is 12.2. The van der Waals surface area contributed by atoms with Crippen molar-refractivity contribution in [1.82, 2.24) is 0 Å². The van der Waals surface area contributed by atoms with E-state index < -0.39 is 7.86 Å². The van der Waals surface area contributed by atoms with Gasteiger partial charge in [-0.2, -0.15) is 28.1 Å². The van der Waals surface area contributed by atoms with Gasteiger partial charge in [-0.05, 0) is 12.8 Å². The van der Waals surface area contributed by atoms with E-state index in [1.165, 1.54) is 0 Å². The highest BCUT2D eigenvalue weighted by atomic mass is 127. The van der Waals surface area contributed by atoms with Crippen LogP contribution in [0.25, 0.3) is 0 Å². The minimum absolute atomic E-state index is 0.393. The summed E-state index contributed by atoms with van der Waals surface area (Å²) in [5.41, 5.74) is 0. The fourth-order valence-electron chi connectivity index (χ4n) is 0.408. The first kappa shape index (κ1) is 18.5. The van der Waals surface area contributed by atoms with Gasteiger partial charge in [0.05, 0.1) is 12.1 Å². The molecule has 0 radical (unpaired) electrons. The van der Waals surface area contributed by atoms with Crippen molar-refractivity contribution in [3.8, 4) is 12.1 Å². The number of hydrogen-bond donors (Lipinski definition) is 0. The molecule has 0 aromatic carbocycles. The Morgan fingerprint density at radius 1 is 0.812 bits per heavy atom. The average molecular weight is 462 g/mol. The van der Waals surface area contributed by atoms with Gasteiger partial charge in [0.2, 0.25) is 0 Å². The van der Waals surface area contributed by atoms with Crippen LogP contribution in [-0.2, 0) is 0 Å². The molecule has 0 bridgehead atoms. The lowest BCUT2D eigenvalue weighted by Gasteiger charge is -2.13. The summed E-state index contributed by atoms with van der Waals surface area (Å²) in [5.74, 6) is 0. The maximum absolute atomic E-state index is 11.5. The van der Waals surface area contributed by atoms with Gasteiger partial charge < -0.3 is 0 Å². The van der Waals surface area contributed by atoms with E-state index in [0.717, 1.165) is 12.8 Å². The summed E-state index contributed by atoms with van der Waals surface area (Å²) in [5, 5.41) is 16.1. The molecule has 0 spiro atoms. The molecule has 0 aliphatic rings. The first-order chi connectivity index (χ1) is 7.16. The first-order valence-corrected chi connectivity index (χ1v) is 6.20. The van der Waals surface area contributed by atoms with Crippen LogP contribution >= 0.6 is 45.2 Å². The highest BCUT2D eigenvalue weighted by Crippen LogP contribution is 2.44. The molecule has 0 saturated carbocycles. The van der Waals surface area contributed by atoms with Crippen LogP contribution in [0.5, 0.6) is 0 Å². The molecule has 0 saturated heterocycles. The fourth-order valence-corrected chi connectivity index (χ4v) is 0.408. The lowest BCUT2D eigenvalue weighted by molar-refractivity contribution is -0.0561. The fraction of sp³-hybridized carbons (Fsp3) is 0.750. The third-order valence-corrected chi connectivity index (χ3v) is 3.54. The van der Waals surface area contributed by atoms with E-state index in [-0.39, 0.29) is 0 Å². The lowest BCUT2D eigenvalue weighted by Crippen LogP contribution is -2.27. The van der Waals surface area contributed by atoms with Crippen LogP contribution in [-0.4, -0.2) is 7.86 Å². The van der Waals surface area contributed by atoms with Crippen LogP contribution in [0.15, 0.2) is 0 Å². The zero-order valence-corrected chi connectivity index (χ0v) is 12.3. The lowest BCUT2D eigenvalue weighted by atomic mass is 10.2. The highest BCUT2D eigenvalue weighted by Gasteiger charge is 2.51. The Hall–Kier alpha value is 0.160. The summed E-state index contributed by atoms with van der Waals surface area (Å²) in [6.45, 7) is 0. The normalized spacial score (nSPS) is 10.8. The Kier molecular flexibility index (Phi) is 10.7. The van der Waals surface area contributed by atoms with E-state index in [9.17, 15) is 17.6 Å². The van der Waals surface area contributed by atoms with Crippen LogP contribution in [0, 0.1) is 22.7 Å². The van der Waals surface area contributed by atoms with Gasteiger partial charge in [-0.3, -0.25) is 0 Å². The highest BCUT2D eigenvalue weighted by molar-refractivity contribution is 14.1. The monoisotopic (exact) mass is 462 g/mol. The molecule has 0 aromatic heterocycles. The summed E-state index contributed by atoms with van der Waals surface area (Å²) in [7, 11) is 0. The molecular formula is C8H8F4I2N2. The zero-order valence-electron chi connectivity index (χ0n) is 7.99. The molecule has 92 valence electrons. The molecule has 0 aliphatic heterocycles. The molecule has 0 amide bonds. The number of unbranched alkanes of at least 4 members (excludes halogenated alkanes) is 3. The Labute approximate surface area is 118 Å². The van der Waals surface area contributed by atoms with Crippen molar-refractivity contribution >= 4 is 45.2 Å². The molecule has 0 rings (SSSR count). The molecule has 0 unspecified atom stereocenters. The number of alkyl halides is 6. The van der Waals surface area contributed by atoms with Gasteiger partial charge in [0.15, 0.2) is 0 Å². The van der Waals surface area contributed by atoms with E-state index in [4.69, 9.17) is 10.5 Å². The summed E-state index contributed by atoms with van der Waals surface area (Å²) >= 11 is 0.785. The quantitative estimate of drug-likeness (QED) is 0.265. The molecule has 0 N–H and O–H groups in total. The number of nitrogens with zero attached hydrogens (tertiary/aromatic N) is 2. The topological polar surface area (TPSA) is 47.6 Å². The van der Waals surface area contributed by atoms with Gasteiger partial charge in [0.1, 0.15) is 0 Å². The van der Waals surface area contributed by atoms with Crippen LogP contribution in [0.1, 0.15) is 25.7 Å². The molecule has 16 heavy (non-hydrogen) atoms. The van der Waals surface area contributed by atoms with Crippen molar-refractivity contribution in [3.05, 3.63) is 0 Å². The maximum Gasteiger partial charge on any atom is 0.367 e. The minimum atomic E-state index is -3.94. The molecule has 0 heterocycles. The van der Waals surface area contributed by atoms with Gasteiger partial charge in [0.25, 0.3) is 0 Å². The molecule has 0 aromatic rings. The SMILES string of the molecule is FC(F)(I)C(F)(F)I.N#CCCCCC#N. The molecule has 0 fully saturated rings. The van der Waals surface area contributed by atoms with Crippen molar-refractivity contribution in [1.29, 1.82) is 10.5 Å². The first-order valence-electron chi connectivity index (χ1n) is 4.04. The molecular weight excluding hydrogens is 454 g/mol. The number of hydrogen-bond acceptors (Lipinski definition) is 2. The van der Waals surface area contributed by atoms with Gasteiger partial charge >= 0.3 is 7.86 Å². The third-order valence-electron chi connectivity index (χ3n) is 1.15. The Balaban J connectivity index is 0. The van der Waals surface area contributed by atoms with E-state index in [1.54, 1.807) is 0 Å². The predicted molar refractivity (Wildman–Crippen MR) is 67.6 cm³/mol. The summed E-state index contributed by atoms with van der Waals surface area (Å²) in [4.78, 5) is 0. The Morgan fingerprint density at radius 2 is 1.06 bits per heavy atom. The molecule has 8 heteroatoms. The van der Waals surface area contributed by atoms with Gasteiger partial charge in [-0.1, -0.05) is 0 Å². The van der Waals surface area contributed by atoms with E-state index in [0.29, 0.717) is 58.0 Å². The van der Waals surface area contributed by atoms with Crippen LogP contribution in [0.3, 0.4) is 0 Å². The molecule has 0 aliphatic carbocycles. The van der Waals surface area contributed by atoms with Crippen molar-refractivity contribution in [3.63, 3.8) is 0 Å². The van der Waals surface area contributed by atoms with Crippen molar-refractivity contribution in [2.75, 3.05) is 0 Å². The number of halogens is 6. The van der Waals surface area contributed by atoms with Gasteiger partial charge in [-0.25, -0.2) is 0 Å². The standard InChI is InChI=1S/C6H8N2.C2F4I2/c7-5-3-1-2-4-6-8;3-1(4,7)2(5,6)8/h1-4H2;. The second-order valence-electron chi connectivity index (χ2n) is 2.52. The van der Waals surface area contributed by atoms with Crippen LogP contribution < -0.4 is 0 Å². The van der Waals surface area contributed by atoms with Gasteiger partial charge in [0, 0.05) is 58.0 Å². The summed E-state index contributed by atoms with van der Waals surface area (Å²) < 4.78 is 38.0. The van der Waals surface area contributed by atoms with E-state index >= 15 is 0 Å². The Morgan fingerprint density at radius 3 is 1.19 bits per heavy atom. The summed E-state index contributed by atoms with van der Waals surface area (Å²) in [6.07, 6.45) is 2.90. The average Bonchev–Trinajstić information content (AvgIpc) is 2.10. The number of rotatable bonds is 4. The van der Waals surface area contributed by atoms with Crippen LogP contribution in [0.4, 0.5) is 17.6 Å². The number of nitriles is 2. The van der Waals surface area contributed by atoms with Gasteiger partial charge in [-0.15, -0.1) is 0 Å². The zero-order chi connectivity index (χ0) is 13.2. The second kappa shape index (κ2) is 9.22. The molecule has 2 nitrogen and oxygen atoms in total.